The standard InChI is InChI=1S/C14H17N3OS/c1-10-13(11-6-4-3-5-7-11)14(17(2)16-10)15-12(18)8-9-19/h3-7,19H,8-9H2,1-2H3,(H,15,18). The van der Waals surface area contributed by atoms with Gasteiger partial charge in [-0.3, -0.25) is 9.48 Å². The highest BCUT2D eigenvalue weighted by Crippen LogP contribution is 2.30. The quantitative estimate of drug-likeness (QED) is 0.843. The summed E-state index contributed by atoms with van der Waals surface area (Å²) in [5.41, 5.74) is 2.92. The second-order valence-corrected chi connectivity index (χ2v) is 4.77. The second kappa shape index (κ2) is 5.93. The Bertz CT molecular complexity index is 578. The van der Waals surface area contributed by atoms with E-state index in [9.17, 15) is 4.79 Å². The van der Waals surface area contributed by atoms with Crippen molar-refractivity contribution in [3.8, 4) is 11.1 Å². The predicted molar refractivity (Wildman–Crippen MR) is 80.5 cm³/mol. The monoisotopic (exact) mass is 275 g/mol. The number of hydrogen-bond acceptors (Lipinski definition) is 3. The third-order valence-corrected chi connectivity index (χ3v) is 3.10. The Labute approximate surface area is 118 Å². The number of aryl methyl sites for hydroxylation is 2. The first-order chi connectivity index (χ1) is 9.13. The third-order valence-electron chi connectivity index (χ3n) is 2.88. The van der Waals surface area contributed by atoms with Crippen LogP contribution in [-0.4, -0.2) is 21.4 Å². The average molecular weight is 275 g/mol. The maximum absolute atomic E-state index is 11.8. The summed E-state index contributed by atoms with van der Waals surface area (Å²) in [7, 11) is 1.83. The molecule has 0 unspecified atom stereocenters. The van der Waals surface area contributed by atoms with Crippen molar-refractivity contribution in [2.75, 3.05) is 11.1 Å². The van der Waals surface area contributed by atoms with Crippen LogP contribution in [0.25, 0.3) is 11.1 Å². The van der Waals surface area contributed by atoms with Crippen LogP contribution >= 0.6 is 12.6 Å². The molecule has 1 heterocycles. The maximum atomic E-state index is 11.8. The van der Waals surface area contributed by atoms with Crippen molar-refractivity contribution in [3.63, 3.8) is 0 Å². The number of carbonyl (C=O) groups is 1. The molecule has 1 aromatic carbocycles. The molecular formula is C14H17N3OS. The van der Waals surface area contributed by atoms with E-state index in [1.165, 1.54) is 0 Å². The molecule has 100 valence electrons. The molecule has 1 aromatic heterocycles. The molecule has 0 aliphatic carbocycles. The van der Waals surface area contributed by atoms with Gasteiger partial charge < -0.3 is 5.32 Å². The molecule has 0 fully saturated rings. The smallest absolute Gasteiger partial charge is 0.226 e. The fourth-order valence-electron chi connectivity index (χ4n) is 2.05. The molecule has 0 spiro atoms. The van der Waals surface area contributed by atoms with E-state index in [0.717, 1.165) is 22.6 Å². The minimum absolute atomic E-state index is 0.0461. The first-order valence-electron chi connectivity index (χ1n) is 6.13. The SMILES string of the molecule is Cc1nn(C)c(NC(=O)CCS)c1-c1ccccc1. The van der Waals surface area contributed by atoms with Crippen LogP contribution in [0.5, 0.6) is 0 Å². The maximum Gasteiger partial charge on any atom is 0.226 e. The van der Waals surface area contributed by atoms with Gasteiger partial charge in [0.2, 0.25) is 5.91 Å². The molecule has 0 saturated heterocycles. The van der Waals surface area contributed by atoms with Gasteiger partial charge in [-0.25, -0.2) is 0 Å². The number of anilines is 1. The Morgan fingerprint density at radius 2 is 2.05 bits per heavy atom. The Hall–Kier alpha value is -1.75. The molecule has 0 aliphatic rings. The van der Waals surface area contributed by atoms with E-state index in [1.807, 2.05) is 44.3 Å². The minimum Gasteiger partial charge on any atom is -0.310 e. The Morgan fingerprint density at radius 1 is 1.37 bits per heavy atom. The van der Waals surface area contributed by atoms with Gasteiger partial charge in [0.05, 0.1) is 5.69 Å². The van der Waals surface area contributed by atoms with Gasteiger partial charge in [0.25, 0.3) is 0 Å². The largest absolute Gasteiger partial charge is 0.310 e. The third kappa shape index (κ3) is 2.98. The van der Waals surface area contributed by atoms with Crippen molar-refractivity contribution < 1.29 is 4.79 Å². The van der Waals surface area contributed by atoms with E-state index in [0.29, 0.717) is 12.2 Å². The summed E-state index contributed by atoms with van der Waals surface area (Å²) >= 11 is 4.07. The van der Waals surface area contributed by atoms with E-state index < -0.39 is 0 Å². The van der Waals surface area contributed by atoms with E-state index in [2.05, 4.69) is 23.0 Å². The summed E-state index contributed by atoms with van der Waals surface area (Å²) in [6.07, 6.45) is 0.390. The van der Waals surface area contributed by atoms with Crippen molar-refractivity contribution in [1.29, 1.82) is 0 Å². The van der Waals surface area contributed by atoms with Crippen LogP contribution in [0.4, 0.5) is 5.82 Å². The molecule has 0 aliphatic heterocycles. The predicted octanol–water partition coefficient (Wildman–Crippen LogP) is 2.65. The van der Waals surface area contributed by atoms with E-state index in [-0.39, 0.29) is 5.91 Å². The van der Waals surface area contributed by atoms with Gasteiger partial charge in [-0.2, -0.15) is 17.7 Å². The van der Waals surface area contributed by atoms with Gasteiger partial charge in [-0.1, -0.05) is 30.3 Å². The molecule has 5 heteroatoms. The Balaban J connectivity index is 2.41. The highest BCUT2D eigenvalue weighted by Gasteiger charge is 2.16. The highest BCUT2D eigenvalue weighted by atomic mass is 32.1. The molecule has 2 aromatic rings. The number of thiol groups is 1. The molecule has 0 saturated carbocycles. The summed E-state index contributed by atoms with van der Waals surface area (Å²) in [6.45, 7) is 1.94. The fourth-order valence-corrected chi connectivity index (χ4v) is 2.25. The zero-order chi connectivity index (χ0) is 13.8. The fraction of sp³-hybridized carbons (Fsp3) is 0.286. The lowest BCUT2D eigenvalue weighted by molar-refractivity contribution is -0.115. The summed E-state index contributed by atoms with van der Waals surface area (Å²) in [5, 5.41) is 7.30. The zero-order valence-electron chi connectivity index (χ0n) is 11.1. The van der Waals surface area contributed by atoms with Crippen LogP contribution in [0.2, 0.25) is 0 Å². The van der Waals surface area contributed by atoms with Crippen LogP contribution in [-0.2, 0) is 11.8 Å². The zero-order valence-corrected chi connectivity index (χ0v) is 11.9. The first-order valence-corrected chi connectivity index (χ1v) is 6.76. The number of aromatic nitrogens is 2. The Morgan fingerprint density at radius 3 is 2.68 bits per heavy atom. The van der Waals surface area contributed by atoms with Crippen molar-refractivity contribution in [2.45, 2.75) is 13.3 Å². The molecule has 2 rings (SSSR count). The molecule has 0 atom stereocenters. The minimum atomic E-state index is -0.0461. The topological polar surface area (TPSA) is 46.9 Å². The molecule has 19 heavy (non-hydrogen) atoms. The number of nitrogens with one attached hydrogen (secondary N) is 1. The second-order valence-electron chi connectivity index (χ2n) is 4.32. The van der Waals surface area contributed by atoms with Crippen LogP contribution in [0.3, 0.4) is 0 Å². The van der Waals surface area contributed by atoms with Crippen LogP contribution in [0.15, 0.2) is 30.3 Å². The summed E-state index contributed by atoms with van der Waals surface area (Å²) in [5.74, 6) is 1.22. The number of rotatable bonds is 4. The summed E-state index contributed by atoms with van der Waals surface area (Å²) < 4.78 is 1.70. The van der Waals surface area contributed by atoms with E-state index in [1.54, 1.807) is 4.68 Å². The van der Waals surface area contributed by atoms with Gasteiger partial charge in [0.15, 0.2) is 0 Å². The summed E-state index contributed by atoms with van der Waals surface area (Å²) in [6, 6.07) is 9.94. The number of benzene rings is 1. The Kier molecular flexibility index (Phi) is 4.27. The van der Waals surface area contributed by atoms with Gasteiger partial charge in [-0.05, 0) is 18.2 Å². The van der Waals surface area contributed by atoms with Crippen LogP contribution in [0.1, 0.15) is 12.1 Å². The number of carbonyl (C=O) groups excluding carboxylic acids is 1. The van der Waals surface area contributed by atoms with Gasteiger partial charge >= 0.3 is 0 Å². The van der Waals surface area contributed by atoms with Crippen molar-refractivity contribution in [3.05, 3.63) is 36.0 Å². The number of nitrogens with zero attached hydrogens (tertiary/aromatic N) is 2. The molecule has 0 radical (unpaired) electrons. The average Bonchev–Trinajstić information content (AvgIpc) is 2.65. The lowest BCUT2D eigenvalue weighted by atomic mass is 10.1. The van der Waals surface area contributed by atoms with Crippen molar-refractivity contribution in [1.82, 2.24) is 9.78 Å². The normalized spacial score (nSPS) is 10.5. The number of hydrogen-bond donors (Lipinski definition) is 2. The highest BCUT2D eigenvalue weighted by molar-refractivity contribution is 7.80. The summed E-state index contributed by atoms with van der Waals surface area (Å²) in [4.78, 5) is 11.8. The van der Waals surface area contributed by atoms with Crippen molar-refractivity contribution in [2.24, 2.45) is 7.05 Å². The molecule has 4 nitrogen and oxygen atoms in total. The van der Waals surface area contributed by atoms with Crippen LogP contribution in [0, 0.1) is 6.92 Å². The molecule has 1 N–H and O–H groups in total. The van der Waals surface area contributed by atoms with Crippen LogP contribution < -0.4 is 5.32 Å². The molecular weight excluding hydrogens is 258 g/mol. The van der Waals surface area contributed by atoms with Gasteiger partial charge in [-0.15, -0.1) is 0 Å². The van der Waals surface area contributed by atoms with Gasteiger partial charge in [0, 0.05) is 19.0 Å². The van der Waals surface area contributed by atoms with E-state index >= 15 is 0 Å². The lowest BCUT2D eigenvalue weighted by Gasteiger charge is -2.08. The first kappa shape index (κ1) is 13.7. The lowest BCUT2D eigenvalue weighted by Crippen LogP contribution is -2.15. The molecule has 0 bridgehead atoms. The number of amides is 1. The van der Waals surface area contributed by atoms with E-state index in [4.69, 9.17) is 0 Å². The van der Waals surface area contributed by atoms with Crippen molar-refractivity contribution >= 4 is 24.4 Å². The molecule has 1 amide bonds. The van der Waals surface area contributed by atoms with Gasteiger partial charge in [0.1, 0.15) is 5.82 Å².